The van der Waals surface area contributed by atoms with E-state index in [2.05, 4.69) is 9.88 Å². The summed E-state index contributed by atoms with van der Waals surface area (Å²) in [6, 6.07) is 0.401. The van der Waals surface area contributed by atoms with Crippen molar-refractivity contribution in [1.29, 1.82) is 0 Å². The lowest BCUT2D eigenvalue weighted by Gasteiger charge is -2.51. The highest BCUT2D eigenvalue weighted by Gasteiger charge is 2.44. The molecule has 0 unspecified atom stereocenters. The second-order valence-electron chi connectivity index (χ2n) is 9.29. The lowest BCUT2D eigenvalue weighted by Crippen LogP contribution is -2.64. The van der Waals surface area contributed by atoms with Crippen LogP contribution in [0.1, 0.15) is 52.5 Å². The van der Waals surface area contributed by atoms with Crippen molar-refractivity contribution in [1.82, 2.24) is 19.7 Å². The Kier molecular flexibility index (Phi) is 4.21. The molecular formula is C20H25ClFN5O2. The van der Waals surface area contributed by atoms with Crippen LogP contribution in [0, 0.1) is 5.82 Å². The first-order valence-corrected chi connectivity index (χ1v) is 10.6. The van der Waals surface area contributed by atoms with Crippen LogP contribution in [0.3, 0.4) is 0 Å². The fourth-order valence-corrected chi connectivity index (χ4v) is 4.61. The van der Waals surface area contributed by atoms with Gasteiger partial charge >= 0.3 is 6.09 Å². The van der Waals surface area contributed by atoms with Gasteiger partial charge in [-0.15, -0.1) is 0 Å². The Bertz CT molecular complexity index is 983. The fourth-order valence-electron chi connectivity index (χ4n) is 4.48. The SMILES string of the molecule is CC(C)(C)OC(=O)N1C[C@H]2CC[C@@H]1CN2c1nn(C2CC2)c2c(F)c(Cl)ncc12. The summed E-state index contributed by atoms with van der Waals surface area (Å²) in [7, 11) is 0. The summed E-state index contributed by atoms with van der Waals surface area (Å²) in [6.07, 6.45) is 5.24. The van der Waals surface area contributed by atoms with E-state index in [-0.39, 0.29) is 29.4 Å². The maximum absolute atomic E-state index is 14.8. The number of halogens is 2. The van der Waals surface area contributed by atoms with Gasteiger partial charge in [0.2, 0.25) is 0 Å². The summed E-state index contributed by atoms with van der Waals surface area (Å²) < 4.78 is 22.2. The zero-order valence-electron chi connectivity index (χ0n) is 16.9. The highest BCUT2D eigenvalue weighted by molar-refractivity contribution is 6.30. The minimum atomic E-state index is -0.519. The van der Waals surface area contributed by atoms with Crippen molar-refractivity contribution in [3.63, 3.8) is 0 Å². The molecule has 9 heteroatoms. The molecule has 6 rings (SSSR count). The molecule has 156 valence electrons. The largest absolute Gasteiger partial charge is 0.444 e. The van der Waals surface area contributed by atoms with Crippen LogP contribution in [0.5, 0.6) is 0 Å². The molecule has 2 atom stereocenters. The second-order valence-corrected chi connectivity index (χ2v) is 9.65. The van der Waals surface area contributed by atoms with Crippen molar-refractivity contribution in [2.24, 2.45) is 0 Å². The molecule has 0 spiro atoms. The molecule has 4 fully saturated rings. The van der Waals surface area contributed by atoms with E-state index in [1.54, 1.807) is 10.9 Å². The first kappa shape index (κ1) is 18.9. The maximum Gasteiger partial charge on any atom is 0.410 e. The molecule has 0 N–H and O–H groups in total. The van der Waals surface area contributed by atoms with Crippen molar-refractivity contribution in [2.75, 3.05) is 18.0 Å². The number of pyridine rings is 1. The molecular weight excluding hydrogens is 397 g/mol. The molecule has 0 aromatic carbocycles. The van der Waals surface area contributed by atoms with Gasteiger partial charge in [0.15, 0.2) is 16.8 Å². The number of piperidine rings is 2. The lowest BCUT2D eigenvalue weighted by molar-refractivity contribution is 0.000807. The molecule has 3 saturated heterocycles. The van der Waals surface area contributed by atoms with Gasteiger partial charge in [-0.3, -0.25) is 4.68 Å². The number of rotatable bonds is 2. The smallest absolute Gasteiger partial charge is 0.410 e. The maximum atomic E-state index is 14.8. The van der Waals surface area contributed by atoms with Crippen LogP contribution >= 0.6 is 11.6 Å². The standard InChI is InChI=1S/C20H25ClFN5O2/c1-20(2,3)29-19(28)26-10-12-6-7-13(26)9-25(12)18-14-8-23-17(21)15(22)16(14)27(24-18)11-4-5-11/h8,11-13H,4-7,9-10H2,1-3H3/t12-,13-/m1/s1. The minimum Gasteiger partial charge on any atom is -0.444 e. The molecule has 2 bridgehead atoms. The van der Waals surface area contributed by atoms with Crippen molar-refractivity contribution < 1.29 is 13.9 Å². The predicted octanol–water partition coefficient (Wildman–Crippen LogP) is 4.15. The van der Waals surface area contributed by atoms with Crippen molar-refractivity contribution in [2.45, 2.75) is 70.2 Å². The molecule has 0 radical (unpaired) electrons. The molecule has 2 aromatic rings. The Labute approximate surface area is 173 Å². The minimum absolute atomic E-state index is 0.0566. The van der Waals surface area contributed by atoms with E-state index >= 15 is 0 Å². The number of hydrogen-bond acceptors (Lipinski definition) is 5. The average Bonchev–Trinajstić information content (AvgIpc) is 3.44. The quantitative estimate of drug-likeness (QED) is 0.682. The third-order valence-corrected chi connectivity index (χ3v) is 6.21. The van der Waals surface area contributed by atoms with Crippen LogP contribution in [-0.2, 0) is 4.74 Å². The van der Waals surface area contributed by atoms with Crippen molar-refractivity contribution in [3.8, 4) is 0 Å². The number of anilines is 1. The third-order valence-electron chi connectivity index (χ3n) is 5.95. The zero-order valence-corrected chi connectivity index (χ0v) is 17.6. The van der Waals surface area contributed by atoms with Crippen molar-refractivity contribution >= 4 is 34.4 Å². The molecule has 1 aliphatic carbocycles. The van der Waals surface area contributed by atoms with E-state index < -0.39 is 11.4 Å². The number of piperazine rings is 1. The number of carbonyl (C=O) groups is 1. The molecule has 2 aromatic heterocycles. The topological polar surface area (TPSA) is 63.5 Å². The van der Waals surface area contributed by atoms with E-state index in [0.29, 0.717) is 24.0 Å². The number of carbonyl (C=O) groups excluding carboxylic acids is 1. The van der Waals surface area contributed by atoms with Crippen LogP contribution in [0.4, 0.5) is 15.0 Å². The highest BCUT2D eigenvalue weighted by Crippen LogP contribution is 2.42. The summed E-state index contributed by atoms with van der Waals surface area (Å²) in [5, 5.41) is 5.36. The summed E-state index contributed by atoms with van der Waals surface area (Å²) in [4.78, 5) is 20.7. The Balaban J connectivity index is 1.47. The number of amides is 1. The van der Waals surface area contributed by atoms with E-state index in [0.717, 1.165) is 31.5 Å². The molecule has 7 nitrogen and oxygen atoms in total. The Morgan fingerprint density at radius 1 is 1.17 bits per heavy atom. The zero-order chi connectivity index (χ0) is 20.5. The van der Waals surface area contributed by atoms with Crippen LogP contribution in [0.15, 0.2) is 6.20 Å². The molecule has 29 heavy (non-hydrogen) atoms. The number of nitrogens with zero attached hydrogens (tertiary/aromatic N) is 5. The third kappa shape index (κ3) is 3.21. The van der Waals surface area contributed by atoms with Crippen LogP contribution in [0.25, 0.3) is 10.9 Å². The second kappa shape index (κ2) is 6.45. The van der Waals surface area contributed by atoms with Gasteiger partial charge in [-0.1, -0.05) is 11.6 Å². The Hall–Kier alpha value is -2.09. The van der Waals surface area contributed by atoms with E-state index in [4.69, 9.17) is 21.4 Å². The van der Waals surface area contributed by atoms with Gasteiger partial charge in [-0.25, -0.2) is 14.2 Å². The molecule has 4 aliphatic rings. The van der Waals surface area contributed by atoms with E-state index in [1.165, 1.54) is 0 Å². The summed E-state index contributed by atoms with van der Waals surface area (Å²) in [5.74, 6) is 0.237. The van der Waals surface area contributed by atoms with E-state index in [1.807, 2.05) is 25.7 Å². The molecule has 1 amide bonds. The monoisotopic (exact) mass is 421 g/mol. The van der Waals surface area contributed by atoms with Gasteiger partial charge in [-0.2, -0.15) is 5.10 Å². The summed E-state index contributed by atoms with van der Waals surface area (Å²) >= 11 is 5.95. The number of hydrogen-bond donors (Lipinski definition) is 0. The molecule has 5 heterocycles. The lowest BCUT2D eigenvalue weighted by atomic mass is 9.91. The van der Waals surface area contributed by atoms with Gasteiger partial charge in [0.25, 0.3) is 0 Å². The van der Waals surface area contributed by atoms with E-state index in [9.17, 15) is 9.18 Å². The summed E-state index contributed by atoms with van der Waals surface area (Å²) in [5.41, 5.74) is -0.0808. The van der Waals surface area contributed by atoms with Gasteiger partial charge in [-0.05, 0) is 46.5 Å². The first-order valence-electron chi connectivity index (χ1n) is 10.2. The first-order chi connectivity index (χ1) is 13.7. The number of fused-ring (bicyclic) bond motifs is 4. The molecule has 3 aliphatic heterocycles. The summed E-state index contributed by atoms with van der Waals surface area (Å²) in [6.45, 7) is 6.88. The normalized spacial score (nSPS) is 24.4. The Morgan fingerprint density at radius 3 is 2.48 bits per heavy atom. The van der Waals surface area contributed by atoms with Crippen LogP contribution in [0.2, 0.25) is 5.15 Å². The van der Waals surface area contributed by atoms with Gasteiger partial charge < -0.3 is 14.5 Å². The van der Waals surface area contributed by atoms with Gasteiger partial charge in [0.05, 0.1) is 17.5 Å². The van der Waals surface area contributed by atoms with Gasteiger partial charge in [0, 0.05) is 25.3 Å². The van der Waals surface area contributed by atoms with Crippen LogP contribution < -0.4 is 4.90 Å². The number of ether oxygens (including phenoxy) is 1. The molecule has 1 saturated carbocycles. The fraction of sp³-hybridized carbons (Fsp3) is 0.650. The highest BCUT2D eigenvalue weighted by atomic mass is 35.5. The van der Waals surface area contributed by atoms with Gasteiger partial charge in [0.1, 0.15) is 11.1 Å². The van der Waals surface area contributed by atoms with Crippen molar-refractivity contribution in [3.05, 3.63) is 17.2 Å². The Morgan fingerprint density at radius 2 is 1.86 bits per heavy atom. The van der Waals surface area contributed by atoms with Crippen LogP contribution in [-0.4, -0.2) is 56.5 Å². The predicted molar refractivity (Wildman–Crippen MR) is 108 cm³/mol. The number of aromatic nitrogens is 3. The average molecular weight is 422 g/mol.